The number of aromatic nitrogens is 2. The van der Waals surface area contributed by atoms with Crippen molar-refractivity contribution >= 4 is 17.4 Å². The minimum absolute atomic E-state index is 0.00854. The molecule has 3 aromatic carbocycles. The van der Waals surface area contributed by atoms with Crippen LogP contribution < -0.4 is 11.5 Å². The highest BCUT2D eigenvalue weighted by molar-refractivity contribution is 5.98. The third kappa shape index (κ3) is 5.76. The Morgan fingerprint density at radius 2 is 1.90 bits per heavy atom. The highest BCUT2D eigenvalue weighted by Gasteiger charge is 2.34. The van der Waals surface area contributed by atoms with Gasteiger partial charge in [0.15, 0.2) is 5.78 Å². The number of nitrogens with one attached hydrogen (secondary N) is 1. The lowest BCUT2D eigenvalue weighted by molar-refractivity contribution is 0.0984. The van der Waals surface area contributed by atoms with E-state index in [0.717, 1.165) is 24.8 Å². The SMILES string of the molecule is [C-]#[N+]c1cc(C(=O)Cc2cc(C(N)(CCC3CC3)c3cccc(C#N)c3)ccc2F)n(-c2cccc(C(=N)N)c2)n1. The lowest BCUT2D eigenvalue weighted by Crippen LogP contribution is -2.38. The fourth-order valence-corrected chi connectivity index (χ4v) is 5.04. The molecule has 1 atom stereocenters. The number of benzene rings is 3. The molecule has 8 nitrogen and oxygen atoms in total. The molecule has 1 aromatic heterocycles. The number of nitriles is 1. The number of halogens is 1. The summed E-state index contributed by atoms with van der Waals surface area (Å²) < 4.78 is 16.5. The lowest BCUT2D eigenvalue weighted by Gasteiger charge is -2.32. The number of Topliss-reactive ketones (excluding diaryl/α,β-unsaturated/α-hetero) is 1. The molecule has 1 fully saturated rings. The van der Waals surface area contributed by atoms with Crippen molar-refractivity contribution in [2.45, 2.75) is 37.6 Å². The van der Waals surface area contributed by atoms with Gasteiger partial charge in [-0.2, -0.15) is 9.94 Å². The molecule has 0 aliphatic heterocycles. The van der Waals surface area contributed by atoms with E-state index >= 15 is 4.39 Å². The number of nitrogen functional groups attached to an aromatic ring is 1. The minimum Gasteiger partial charge on any atom is -0.384 e. The molecule has 204 valence electrons. The second-order valence-electron chi connectivity index (χ2n) is 10.4. The van der Waals surface area contributed by atoms with E-state index in [1.165, 1.54) is 16.8 Å². The Morgan fingerprint density at radius 3 is 2.61 bits per heavy atom. The zero-order valence-corrected chi connectivity index (χ0v) is 22.3. The van der Waals surface area contributed by atoms with Gasteiger partial charge in [-0.1, -0.05) is 55.8 Å². The van der Waals surface area contributed by atoms with E-state index in [-0.39, 0.29) is 29.3 Å². The minimum atomic E-state index is -0.979. The topological polar surface area (TPSA) is 139 Å². The fourth-order valence-electron chi connectivity index (χ4n) is 5.04. The predicted octanol–water partition coefficient (Wildman–Crippen LogP) is 5.54. The van der Waals surface area contributed by atoms with E-state index in [9.17, 15) is 10.1 Å². The number of ketones is 1. The Balaban J connectivity index is 1.51. The second-order valence-corrected chi connectivity index (χ2v) is 10.4. The maximum absolute atomic E-state index is 15.2. The summed E-state index contributed by atoms with van der Waals surface area (Å²) >= 11 is 0. The molecule has 1 heterocycles. The van der Waals surface area contributed by atoms with Crippen LogP contribution in [0.1, 0.15) is 64.0 Å². The van der Waals surface area contributed by atoms with Gasteiger partial charge in [0.1, 0.15) is 17.3 Å². The first-order valence-electron chi connectivity index (χ1n) is 13.3. The number of carbonyl (C=O) groups excluding carboxylic acids is 1. The Hall–Kier alpha value is -5.12. The third-order valence-corrected chi connectivity index (χ3v) is 7.56. The smallest absolute Gasteiger partial charge is 0.296 e. The quantitative estimate of drug-likeness (QED) is 0.104. The van der Waals surface area contributed by atoms with Crippen molar-refractivity contribution in [1.29, 1.82) is 10.7 Å². The number of nitrogens with two attached hydrogens (primary N) is 2. The molecule has 1 aliphatic rings. The summed E-state index contributed by atoms with van der Waals surface area (Å²) in [6.07, 6.45) is 3.54. The highest BCUT2D eigenvalue weighted by atomic mass is 19.1. The van der Waals surface area contributed by atoms with Crippen molar-refractivity contribution < 1.29 is 9.18 Å². The maximum atomic E-state index is 15.2. The average Bonchev–Trinajstić information content (AvgIpc) is 3.72. The zero-order chi connectivity index (χ0) is 29.1. The summed E-state index contributed by atoms with van der Waals surface area (Å²) in [5, 5.41) is 21.4. The van der Waals surface area contributed by atoms with Gasteiger partial charge in [0.25, 0.3) is 5.82 Å². The molecule has 1 unspecified atom stereocenters. The van der Waals surface area contributed by atoms with Crippen molar-refractivity contribution in [2.75, 3.05) is 0 Å². The summed E-state index contributed by atoms with van der Waals surface area (Å²) in [6, 6.07) is 21.9. The lowest BCUT2D eigenvalue weighted by atomic mass is 9.78. The highest BCUT2D eigenvalue weighted by Crippen LogP contribution is 2.40. The van der Waals surface area contributed by atoms with Gasteiger partial charge < -0.3 is 16.3 Å². The molecule has 5 N–H and O–H groups in total. The first kappa shape index (κ1) is 27.4. The maximum Gasteiger partial charge on any atom is 0.296 e. The standard InChI is InChI=1S/C32H28FN7O/c1-38-30-18-28(40(39-30)26-7-3-5-22(16-26)31(35)36)29(41)17-23-15-25(10-11-27(23)33)32(37,13-12-20-8-9-20)24-6-2-4-21(14-24)19-34/h2-7,10-11,14-16,18,20H,8-9,12-13,17,37H2,(H3,35,36). The number of hydrogen-bond donors (Lipinski definition) is 3. The normalized spacial score (nSPS) is 14.0. The molecule has 0 amide bonds. The summed E-state index contributed by atoms with van der Waals surface area (Å²) in [5.41, 5.74) is 14.8. The zero-order valence-electron chi connectivity index (χ0n) is 22.3. The van der Waals surface area contributed by atoms with Crippen LogP contribution in [0.5, 0.6) is 0 Å². The first-order valence-corrected chi connectivity index (χ1v) is 13.3. The number of hydrogen-bond acceptors (Lipinski definition) is 5. The molecule has 0 saturated heterocycles. The van der Waals surface area contributed by atoms with E-state index in [2.05, 4.69) is 16.0 Å². The van der Waals surface area contributed by atoms with Gasteiger partial charge in [0.05, 0.1) is 22.9 Å². The summed E-state index contributed by atoms with van der Waals surface area (Å²) in [7, 11) is 0. The first-order chi connectivity index (χ1) is 19.7. The number of nitrogens with zero attached hydrogens (tertiary/aromatic N) is 4. The van der Waals surface area contributed by atoms with Crippen molar-refractivity contribution in [3.8, 4) is 11.8 Å². The van der Waals surface area contributed by atoms with E-state index in [0.29, 0.717) is 34.7 Å². The van der Waals surface area contributed by atoms with Crippen molar-refractivity contribution in [3.63, 3.8) is 0 Å². The van der Waals surface area contributed by atoms with Crippen LogP contribution in [0.25, 0.3) is 10.5 Å². The van der Waals surface area contributed by atoms with Gasteiger partial charge >= 0.3 is 0 Å². The Bertz CT molecular complexity index is 1740. The molecular weight excluding hydrogens is 517 g/mol. The van der Waals surface area contributed by atoms with Crippen LogP contribution in [0.2, 0.25) is 0 Å². The Morgan fingerprint density at radius 1 is 1.15 bits per heavy atom. The van der Waals surface area contributed by atoms with Gasteiger partial charge in [-0.25, -0.2) is 4.39 Å². The molecule has 1 saturated carbocycles. The largest absolute Gasteiger partial charge is 0.384 e. The molecule has 5 rings (SSSR count). The Kier molecular flexibility index (Phi) is 7.47. The number of carbonyl (C=O) groups is 1. The number of amidine groups is 1. The summed E-state index contributed by atoms with van der Waals surface area (Å²) in [4.78, 5) is 16.9. The molecule has 0 spiro atoms. The molecule has 1 aliphatic carbocycles. The molecule has 9 heteroatoms. The van der Waals surface area contributed by atoms with Gasteiger partial charge in [-0.15, -0.1) is 0 Å². The average molecular weight is 546 g/mol. The molecule has 4 aromatic rings. The van der Waals surface area contributed by atoms with Crippen molar-refractivity contribution in [2.24, 2.45) is 17.4 Å². The molecule has 41 heavy (non-hydrogen) atoms. The van der Waals surface area contributed by atoms with Gasteiger partial charge in [0.2, 0.25) is 0 Å². The Labute approximate surface area is 237 Å². The van der Waals surface area contributed by atoms with E-state index in [4.69, 9.17) is 23.4 Å². The molecule has 0 radical (unpaired) electrons. The summed E-state index contributed by atoms with van der Waals surface area (Å²) in [5.74, 6) is -0.522. The van der Waals surface area contributed by atoms with Gasteiger partial charge in [0, 0.05) is 12.0 Å². The molecular formula is C32H28FN7O. The fraction of sp³-hybridized carbons (Fsp3) is 0.219. The van der Waals surface area contributed by atoms with Crippen LogP contribution in [0, 0.1) is 35.0 Å². The van der Waals surface area contributed by atoms with E-state index < -0.39 is 17.1 Å². The molecule has 0 bridgehead atoms. The third-order valence-electron chi connectivity index (χ3n) is 7.56. The second kappa shape index (κ2) is 11.2. The van der Waals surface area contributed by atoms with Crippen molar-refractivity contribution in [3.05, 3.63) is 124 Å². The van der Waals surface area contributed by atoms with Crippen LogP contribution in [-0.2, 0) is 12.0 Å². The van der Waals surface area contributed by atoms with Crippen molar-refractivity contribution in [1.82, 2.24) is 9.78 Å². The van der Waals surface area contributed by atoms with Crippen LogP contribution in [0.3, 0.4) is 0 Å². The van der Waals surface area contributed by atoms with Gasteiger partial charge in [-0.3, -0.25) is 10.2 Å². The predicted molar refractivity (Wildman–Crippen MR) is 153 cm³/mol. The van der Waals surface area contributed by atoms with Gasteiger partial charge in [-0.05, 0) is 76.9 Å². The van der Waals surface area contributed by atoms with Crippen LogP contribution in [0.4, 0.5) is 10.2 Å². The van der Waals surface area contributed by atoms with Crippen LogP contribution in [0.15, 0.2) is 72.8 Å². The van der Waals surface area contributed by atoms with Crippen LogP contribution in [-0.4, -0.2) is 21.4 Å². The number of rotatable bonds is 10. The van der Waals surface area contributed by atoms with Crippen LogP contribution >= 0.6 is 0 Å². The van der Waals surface area contributed by atoms with E-state index in [1.54, 1.807) is 54.6 Å². The summed E-state index contributed by atoms with van der Waals surface area (Å²) in [6.45, 7) is 7.39. The monoisotopic (exact) mass is 545 g/mol. The van der Waals surface area contributed by atoms with E-state index in [1.807, 2.05) is 6.07 Å².